The first-order valence-corrected chi connectivity index (χ1v) is 15.7. The number of amides is 3. The van der Waals surface area contributed by atoms with Gasteiger partial charge in [-0.05, 0) is 55.7 Å². The number of hydrogen-bond donors (Lipinski definition) is 4. The molecule has 2 aliphatic heterocycles. The number of nitrogens with one attached hydrogen (secondary N) is 4. The first-order chi connectivity index (χ1) is 22.9. The van der Waals surface area contributed by atoms with E-state index in [0.717, 1.165) is 16.5 Å². The Labute approximate surface area is 271 Å². The molecule has 0 saturated carbocycles. The molecule has 47 heavy (non-hydrogen) atoms. The number of benzene rings is 2. The highest BCUT2D eigenvalue weighted by molar-refractivity contribution is 5.94. The number of aryl methyl sites for hydroxylation is 1. The van der Waals surface area contributed by atoms with Gasteiger partial charge in [0.2, 0.25) is 17.7 Å². The molecule has 3 aromatic heterocycles. The maximum Gasteiger partial charge on any atom is 0.255 e. The molecule has 244 valence electrons. The second-order valence-electron chi connectivity index (χ2n) is 11.5. The van der Waals surface area contributed by atoms with E-state index in [2.05, 4.69) is 25.6 Å². The number of rotatable bonds is 4. The van der Waals surface area contributed by atoms with E-state index in [4.69, 9.17) is 13.9 Å². The van der Waals surface area contributed by atoms with Crippen LogP contribution in [0.1, 0.15) is 46.6 Å². The number of H-pyrrole nitrogens is 2. The molecule has 12 nitrogen and oxygen atoms in total. The van der Waals surface area contributed by atoms with Crippen LogP contribution in [0.3, 0.4) is 0 Å². The van der Waals surface area contributed by atoms with Crippen molar-refractivity contribution in [1.29, 1.82) is 0 Å². The predicted octanol–water partition coefficient (Wildman–Crippen LogP) is 4.52. The number of oxazole rings is 1. The summed E-state index contributed by atoms with van der Waals surface area (Å²) in [5.74, 6) is 1.27. The Morgan fingerprint density at radius 2 is 1.94 bits per heavy atom. The number of carbonyl (C=O) groups is 3. The summed E-state index contributed by atoms with van der Waals surface area (Å²) in [5, 5.41) is 6.88. The molecule has 0 saturated heterocycles. The van der Waals surface area contributed by atoms with Gasteiger partial charge < -0.3 is 39.4 Å². The number of fused-ring (bicyclic) bond motifs is 16. The van der Waals surface area contributed by atoms with Crippen LogP contribution in [0.5, 0.6) is 11.5 Å². The topological polar surface area (TPSA) is 155 Å². The second kappa shape index (κ2) is 14.3. The lowest BCUT2D eigenvalue weighted by atomic mass is 10.0. The SMILES string of the molecule is COc1cc2ccc1OCCCN(C(=O)c1cc[nH]c1)CCCC(=O)N[C@@H](Cc1c[nH]c3ccccc13)C(=O)NCc1nc-2oc1C. The number of ether oxygens (including phenoxy) is 2. The van der Waals surface area contributed by atoms with Crippen molar-refractivity contribution in [1.82, 2.24) is 30.5 Å². The molecule has 0 unspecified atom stereocenters. The van der Waals surface area contributed by atoms with Crippen LogP contribution < -0.4 is 20.1 Å². The van der Waals surface area contributed by atoms with E-state index in [9.17, 15) is 14.4 Å². The van der Waals surface area contributed by atoms with Crippen LogP contribution in [0.4, 0.5) is 0 Å². The Morgan fingerprint density at radius 1 is 1.09 bits per heavy atom. The number of para-hydroxylation sites is 1. The molecule has 0 fully saturated rings. The van der Waals surface area contributed by atoms with E-state index in [0.29, 0.717) is 72.5 Å². The van der Waals surface area contributed by atoms with E-state index in [1.54, 1.807) is 49.5 Å². The summed E-state index contributed by atoms with van der Waals surface area (Å²) in [6, 6.07) is 14.1. The van der Waals surface area contributed by atoms with Crippen molar-refractivity contribution in [2.75, 3.05) is 26.8 Å². The molecule has 7 rings (SSSR count). The lowest BCUT2D eigenvalue weighted by Crippen LogP contribution is -2.48. The maximum absolute atomic E-state index is 13.6. The summed E-state index contributed by atoms with van der Waals surface area (Å²) in [7, 11) is 1.56. The van der Waals surface area contributed by atoms with Gasteiger partial charge in [-0.1, -0.05) is 18.2 Å². The number of carbonyl (C=O) groups excluding carboxylic acids is 3. The monoisotopic (exact) mass is 638 g/mol. The van der Waals surface area contributed by atoms with E-state index in [-0.39, 0.29) is 37.1 Å². The zero-order valence-electron chi connectivity index (χ0n) is 26.4. The Morgan fingerprint density at radius 3 is 2.77 bits per heavy atom. The van der Waals surface area contributed by atoms with Crippen molar-refractivity contribution in [3.05, 3.63) is 89.7 Å². The molecule has 2 aliphatic rings. The fraction of sp³-hybridized carbons (Fsp3) is 0.314. The Balaban J connectivity index is 1.27. The average molecular weight is 639 g/mol. The van der Waals surface area contributed by atoms with Crippen molar-refractivity contribution >= 4 is 28.6 Å². The molecule has 0 aliphatic carbocycles. The number of aromatic nitrogens is 3. The van der Waals surface area contributed by atoms with Crippen LogP contribution in [0.25, 0.3) is 22.4 Å². The third-order valence-electron chi connectivity index (χ3n) is 8.28. The quantitative estimate of drug-likeness (QED) is 0.226. The van der Waals surface area contributed by atoms with Crippen molar-refractivity contribution in [3.63, 3.8) is 0 Å². The molecular weight excluding hydrogens is 600 g/mol. The van der Waals surface area contributed by atoms with Gasteiger partial charge in [0.05, 0.1) is 25.8 Å². The lowest BCUT2D eigenvalue weighted by molar-refractivity contribution is -0.129. The van der Waals surface area contributed by atoms with Gasteiger partial charge in [0.1, 0.15) is 17.5 Å². The molecule has 1 atom stereocenters. The predicted molar refractivity (Wildman–Crippen MR) is 175 cm³/mol. The minimum atomic E-state index is -0.839. The fourth-order valence-electron chi connectivity index (χ4n) is 5.75. The summed E-state index contributed by atoms with van der Waals surface area (Å²) < 4.78 is 17.6. The Kier molecular flexibility index (Phi) is 9.56. The second-order valence-corrected chi connectivity index (χ2v) is 11.5. The summed E-state index contributed by atoms with van der Waals surface area (Å²) in [4.78, 5) is 52.7. The highest BCUT2D eigenvalue weighted by Gasteiger charge is 2.24. The van der Waals surface area contributed by atoms with Gasteiger partial charge >= 0.3 is 0 Å². The van der Waals surface area contributed by atoms with E-state index in [1.807, 2.05) is 36.5 Å². The summed E-state index contributed by atoms with van der Waals surface area (Å²) in [5.41, 5.74) is 3.66. The van der Waals surface area contributed by atoms with Crippen LogP contribution in [-0.4, -0.2) is 70.4 Å². The van der Waals surface area contributed by atoms with Crippen molar-refractivity contribution < 1.29 is 28.3 Å². The van der Waals surface area contributed by atoms with E-state index in [1.165, 1.54) is 0 Å². The van der Waals surface area contributed by atoms with Crippen molar-refractivity contribution in [3.8, 4) is 23.0 Å². The summed E-state index contributed by atoms with van der Waals surface area (Å²) in [6.07, 6.45) is 6.63. The fourth-order valence-corrected chi connectivity index (χ4v) is 5.75. The van der Waals surface area contributed by atoms with Gasteiger partial charge in [-0.25, -0.2) is 4.98 Å². The maximum atomic E-state index is 13.6. The van der Waals surface area contributed by atoms with Crippen LogP contribution >= 0.6 is 0 Å². The molecule has 0 spiro atoms. The zero-order chi connectivity index (χ0) is 32.8. The van der Waals surface area contributed by atoms with Gasteiger partial charge in [-0.3, -0.25) is 14.4 Å². The zero-order valence-corrected chi connectivity index (χ0v) is 26.4. The largest absolute Gasteiger partial charge is 0.493 e. The van der Waals surface area contributed by atoms with Crippen LogP contribution in [0, 0.1) is 6.92 Å². The van der Waals surface area contributed by atoms with Gasteiger partial charge in [-0.15, -0.1) is 0 Å². The average Bonchev–Trinajstić information content (AvgIpc) is 3.85. The van der Waals surface area contributed by atoms with Gasteiger partial charge in [-0.2, -0.15) is 0 Å². The minimum Gasteiger partial charge on any atom is -0.493 e. The molecule has 0 radical (unpaired) electrons. The summed E-state index contributed by atoms with van der Waals surface area (Å²) >= 11 is 0. The van der Waals surface area contributed by atoms with E-state index >= 15 is 0 Å². The number of hydrogen-bond acceptors (Lipinski definition) is 7. The number of methoxy groups -OCH3 is 1. The van der Waals surface area contributed by atoms with Crippen LogP contribution in [-0.2, 0) is 22.6 Å². The molecule has 3 amide bonds. The summed E-state index contributed by atoms with van der Waals surface area (Å²) in [6.45, 7) is 3.04. The molecule has 4 N–H and O–H groups in total. The van der Waals surface area contributed by atoms with Crippen LogP contribution in [0.2, 0.25) is 0 Å². The first kappa shape index (κ1) is 31.5. The smallest absolute Gasteiger partial charge is 0.255 e. The number of aromatic amines is 2. The minimum absolute atomic E-state index is 0.114. The Hall–Kier alpha value is -5.52. The van der Waals surface area contributed by atoms with Gasteiger partial charge in [0, 0.05) is 61.0 Å². The normalized spacial score (nSPS) is 16.6. The number of nitrogens with zero attached hydrogens (tertiary/aromatic N) is 2. The highest BCUT2D eigenvalue weighted by Crippen LogP contribution is 2.33. The molecule has 2 aromatic carbocycles. The lowest BCUT2D eigenvalue weighted by Gasteiger charge is -2.23. The van der Waals surface area contributed by atoms with Crippen molar-refractivity contribution in [2.45, 2.75) is 45.2 Å². The van der Waals surface area contributed by atoms with Gasteiger partial charge in [0.25, 0.3) is 5.91 Å². The third kappa shape index (κ3) is 7.32. The molecule has 12 heteroatoms. The third-order valence-corrected chi connectivity index (χ3v) is 8.28. The standard InChI is InChI=1S/C35H38N6O6/c1-22-29-21-38-33(43)28(17-25-20-37-27-8-4-3-7-26(25)27)39-32(42)9-5-14-41(35(44)24-12-13-36-19-24)15-6-16-46-30-11-10-23(18-31(30)45-2)34(40-29)47-22/h3-4,7-8,10-13,18-20,28,36-37H,5-6,9,14-17,21H2,1-2H3,(H,38,43)(H,39,42)/t28-/m0/s1. The first-order valence-electron chi connectivity index (χ1n) is 15.7. The molecule has 4 bridgehead atoms. The Bertz CT molecular complexity index is 1860. The molecule has 5 aromatic rings. The van der Waals surface area contributed by atoms with Crippen LogP contribution in [0.15, 0.2) is 71.5 Å². The van der Waals surface area contributed by atoms with E-state index < -0.39 is 6.04 Å². The molecule has 5 heterocycles. The highest BCUT2D eigenvalue weighted by atomic mass is 16.5. The van der Waals surface area contributed by atoms with Crippen molar-refractivity contribution in [2.24, 2.45) is 0 Å². The van der Waals surface area contributed by atoms with Gasteiger partial charge in [0.15, 0.2) is 11.5 Å². The molecular formula is C35H38N6O6.